The number of aromatic nitrogens is 4. The van der Waals surface area contributed by atoms with Crippen LogP contribution in [0.3, 0.4) is 0 Å². The van der Waals surface area contributed by atoms with Crippen LogP contribution in [0.15, 0.2) is 73.2 Å². The molecule has 1 N–H and O–H groups in total. The van der Waals surface area contributed by atoms with Gasteiger partial charge in [-0.3, -0.25) is 9.97 Å². The van der Waals surface area contributed by atoms with Gasteiger partial charge in [0.1, 0.15) is 5.82 Å². The smallest absolute Gasteiger partial charge is 0.163 e. The SMILES string of the molecule is c1ccc(CNc2nc(-c3cccnc3)nc3ccccc23)nc1. The summed E-state index contributed by atoms with van der Waals surface area (Å²) in [4.78, 5) is 17.8. The molecule has 5 heteroatoms. The fraction of sp³-hybridized carbons (Fsp3) is 0.0526. The molecule has 0 atom stereocenters. The van der Waals surface area contributed by atoms with E-state index in [9.17, 15) is 0 Å². The molecule has 116 valence electrons. The standard InChI is InChI=1S/C19H15N5/c1-2-9-17-16(8-1)19(22-13-15-7-3-4-11-21-15)24-18(23-17)14-6-5-10-20-12-14/h1-12H,13H2,(H,22,23,24). The van der Waals surface area contributed by atoms with Gasteiger partial charge in [0.15, 0.2) is 5.82 Å². The minimum atomic E-state index is 0.605. The lowest BCUT2D eigenvalue weighted by atomic mass is 10.2. The van der Waals surface area contributed by atoms with Crippen molar-refractivity contribution in [3.63, 3.8) is 0 Å². The van der Waals surface area contributed by atoms with Gasteiger partial charge in [-0.05, 0) is 36.4 Å². The Hall–Kier alpha value is -3.34. The molecule has 5 nitrogen and oxygen atoms in total. The zero-order valence-electron chi connectivity index (χ0n) is 12.9. The van der Waals surface area contributed by atoms with Crippen molar-refractivity contribution in [2.75, 3.05) is 5.32 Å². The second-order valence-corrected chi connectivity index (χ2v) is 5.33. The largest absolute Gasteiger partial charge is 0.364 e. The van der Waals surface area contributed by atoms with Crippen LogP contribution < -0.4 is 5.32 Å². The number of pyridine rings is 2. The van der Waals surface area contributed by atoms with E-state index in [0.29, 0.717) is 12.4 Å². The Morgan fingerprint density at radius 1 is 0.833 bits per heavy atom. The molecule has 0 saturated carbocycles. The van der Waals surface area contributed by atoms with Crippen molar-refractivity contribution >= 4 is 16.7 Å². The Labute approximate surface area is 139 Å². The summed E-state index contributed by atoms with van der Waals surface area (Å²) in [6, 6.07) is 17.7. The molecule has 24 heavy (non-hydrogen) atoms. The molecule has 0 fully saturated rings. The average Bonchev–Trinajstić information content (AvgIpc) is 2.67. The number of hydrogen-bond donors (Lipinski definition) is 1. The van der Waals surface area contributed by atoms with Gasteiger partial charge in [0, 0.05) is 29.5 Å². The molecule has 0 aliphatic heterocycles. The molecular weight excluding hydrogens is 298 g/mol. The molecular formula is C19H15N5. The van der Waals surface area contributed by atoms with Crippen LogP contribution in [0.25, 0.3) is 22.3 Å². The maximum Gasteiger partial charge on any atom is 0.163 e. The number of fused-ring (bicyclic) bond motifs is 1. The van der Waals surface area contributed by atoms with Crippen LogP contribution in [0.4, 0.5) is 5.82 Å². The van der Waals surface area contributed by atoms with Crippen LogP contribution in [-0.2, 0) is 6.54 Å². The first kappa shape index (κ1) is 14.3. The van der Waals surface area contributed by atoms with Crippen LogP contribution in [0.2, 0.25) is 0 Å². The Morgan fingerprint density at radius 3 is 2.58 bits per heavy atom. The van der Waals surface area contributed by atoms with E-state index in [-0.39, 0.29) is 0 Å². The third-order valence-corrected chi connectivity index (χ3v) is 3.69. The fourth-order valence-electron chi connectivity index (χ4n) is 2.51. The molecule has 0 bridgehead atoms. The lowest BCUT2D eigenvalue weighted by Crippen LogP contribution is -2.05. The van der Waals surface area contributed by atoms with Crippen molar-refractivity contribution in [3.8, 4) is 11.4 Å². The number of rotatable bonds is 4. The second kappa shape index (κ2) is 6.42. The summed E-state index contributed by atoms with van der Waals surface area (Å²) in [7, 11) is 0. The molecule has 4 rings (SSSR count). The molecule has 0 saturated heterocycles. The van der Waals surface area contributed by atoms with E-state index in [1.165, 1.54) is 0 Å². The van der Waals surface area contributed by atoms with Crippen LogP contribution in [-0.4, -0.2) is 19.9 Å². The lowest BCUT2D eigenvalue weighted by Gasteiger charge is -2.10. The zero-order valence-corrected chi connectivity index (χ0v) is 12.9. The molecule has 1 aromatic carbocycles. The lowest BCUT2D eigenvalue weighted by molar-refractivity contribution is 1.03. The molecule has 4 aromatic rings. The van der Waals surface area contributed by atoms with E-state index < -0.39 is 0 Å². The molecule has 3 heterocycles. The number of nitrogens with zero attached hydrogens (tertiary/aromatic N) is 4. The van der Waals surface area contributed by atoms with Gasteiger partial charge in [-0.15, -0.1) is 0 Å². The predicted octanol–water partition coefficient (Wildman–Crippen LogP) is 3.70. The number of anilines is 1. The highest BCUT2D eigenvalue weighted by Crippen LogP contribution is 2.24. The first-order valence-corrected chi connectivity index (χ1v) is 7.71. The van der Waals surface area contributed by atoms with Crippen molar-refractivity contribution in [2.45, 2.75) is 6.54 Å². The molecule has 0 spiro atoms. The summed E-state index contributed by atoms with van der Waals surface area (Å²) in [5, 5.41) is 4.37. The Morgan fingerprint density at radius 2 is 1.75 bits per heavy atom. The first-order valence-electron chi connectivity index (χ1n) is 7.71. The molecule has 0 aliphatic carbocycles. The van der Waals surface area contributed by atoms with E-state index in [0.717, 1.165) is 28.0 Å². The second-order valence-electron chi connectivity index (χ2n) is 5.33. The summed E-state index contributed by atoms with van der Waals surface area (Å²) in [5.41, 5.74) is 2.75. The summed E-state index contributed by atoms with van der Waals surface area (Å²) in [6.45, 7) is 0.605. The van der Waals surface area contributed by atoms with Crippen LogP contribution in [0.1, 0.15) is 5.69 Å². The van der Waals surface area contributed by atoms with E-state index in [1.54, 1.807) is 18.6 Å². The van der Waals surface area contributed by atoms with E-state index in [1.807, 2.05) is 54.6 Å². The zero-order chi connectivity index (χ0) is 16.2. The van der Waals surface area contributed by atoms with E-state index in [4.69, 9.17) is 4.98 Å². The number of hydrogen-bond acceptors (Lipinski definition) is 5. The van der Waals surface area contributed by atoms with Gasteiger partial charge in [-0.2, -0.15) is 0 Å². The summed E-state index contributed by atoms with van der Waals surface area (Å²) < 4.78 is 0. The Bertz CT molecular complexity index is 955. The van der Waals surface area contributed by atoms with Gasteiger partial charge in [0.05, 0.1) is 17.8 Å². The Balaban J connectivity index is 1.75. The van der Waals surface area contributed by atoms with Crippen molar-refractivity contribution in [2.24, 2.45) is 0 Å². The minimum absolute atomic E-state index is 0.605. The highest BCUT2D eigenvalue weighted by molar-refractivity contribution is 5.90. The number of benzene rings is 1. The molecule has 0 amide bonds. The number of nitrogens with one attached hydrogen (secondary N) is 1. The maximum absolute atomic E-state index is 4.70. The van der Waals surface area contributed by atoms with Gasteiger partial charge in [0.2, 0.25) is 0 Å². The van der Waals surface area contributed by atoms with E-state index >= 15 is 0 Å². The quantitative estimate of drug-likeness (QED) is 0.622. The van der Waals surface area contributed by atoms with E-state index in [2.05, 4.69) is 20.3 Å². The topological polar surface area (TPSA) is 63.6 Å². The summed E-state index contributed by atoms with van der Waals surface area (Å²) >= 11 is 0. The molecule has 0 aliphatic rings. The Kier molecular flexibility index (Phi) is 3.81. The molecule has 3 aromatic heterocycles. The van der Waals surface area contributed by atoms with Gasteiger partial charge >= 0.3 is 0 Å². The predicted molar refractivity (Wildman–Crippen MR) is 94.3 cm³/mol. The monoisotopic (exact) mass is 313 g/mol. The first-order chi connectivity index (χ1) is 11.9. The highest BCUT2D eigenvalue weighted by Gasteiger charge is 2.09. The van der Waals surface area contributed by atoms with Gasteiger partial charge in [-0.1, -0.05) is 18.2 Å². The highest BCUT2D eigenvalue weighted by atomic mass is 15.0. The van der Waals surface area contributed by atoms with Crippen LogP contribution in [0.5, 0.6) is 0 Å². The van der Waals surface area contributed by atoms with Crippen LogP contribution >= 0.6 is 0 Å². The van der Waals surface area contributed by atoms with Gasteiger partial charge in [0.25, 0.3) is 0 Å². The minimum Gasteiger partial charge on any atom is -0.364 e. The average molecular weight is 313 g/mol. The normalized spacial score (nSPS) is 10.7. The van der Waals surface area contributed by atoms with Crippen LogP contribution in [0, 0.1) is 0 Å². The fourth-order valence-corrected chi connectivity index (χ4v) is 2.51. The van der Waals surface area contributed by atoms with Crippen molar-refractivity contribution in [3.05, 3.63) is 78.9 Å². The maximum atomic E-state index is 4.70. The van der Waals surface area contributed by atoms with Crippen molar-refractivity contribution < 1.29 is 0 Å². The van der Waals surface area contributed by atoms with Gasteiger partial charge in [-0.25, -0.2) is 9.97 Å². The molecule has 0 radical (unpaired) electrons. The summed E-state index contributed by atoms with van der Waals surface area (Å²) in [6.07, 6.45) is 5.30. The summed E-state index contributed by atoms with van der Waals surface area (Å²) in [5.74, 6) is 1.45. The number of para-hydroxylation sites is 1. The van der Waals surface area contributed by atoms with Crippen molar-refractivity contribution in [1.29, 1.82) is 0 Å². The third kappa shape index (κ3) is 2.92. The third-order valence-electron chi connectivity index (χ3n) is 3.69. The molecule has 0 unspecified atom stereocenters. The van der Waals surface area contributed by atoms with Gasteiger partial charge < -0.3 is 5.32 Å². The van der Waals surface area contributed by atoms with Crippen molar-refractivity contribution in [1.82, 2.24) is 19.9 Å².